The Kier molecular flexibility index (Phi) is 5.31. The van der Waals surface area contributed by atoms with E-state index in [9.17, 15) is 4.79 Å². The van der Waals surface area contributed by atoms with Crippen molar-refractivity contribution < 1.29 is 9.53 Å². The number of carbonyl (C=O) groups excluding carboxylic acids is 1. The van der Waals surface area contributed by atoms with Crippen LogP contribution in [0.5, 0.6) is 0 Å². The molecule has 0 unspecified atom stereocenters. The zero-order chi connectivity index (χ0) is 18.7. The molecule has 1 atom stereocenters. The van der Waals surface area contributed by atoms with Gasteiger partial charge in [-0.15, -0.1) is 0 Å². The van der Waals surface area contributed by atoms with Gasteiger partial charge in [0.2, 0.25) is 0 Å². The number of piperazine rings is 1. The van der Waals surface area contributed by atoms with Crippen molar-refractivity contribution in [2.24, 2.45) is 5.41 Å². The smallest absolute Gasteiger partial charge is 0.312 e. The summed E-state index contributed by atoms with van der Waals surface area (Å²) in [5, 5.41) is 8.88. The molecule has 1 saturated carbocycles. The van der Waals surface area contributed by atoms with E-state index in [1.807, 2.05) is 12.1 Å². The second kappa shape index (κ2) is 7.85. The van der Waals surface area contributed by atoms with Crippen LogP contribution in [-0.4, -0.2) is 54.7 Å². The summed E-state index contributed by atoms with van der Waals surface area (Å²) in [6, 6.07) is 5.86. The average Bonchev–Trinajstić information content (AvgIpc) is 3.02. The molecule has 3 heterocycles. The molecule has 0 bridgehead atoms. The van der Waals surface area contributed by atoms with Gasteiger partial charge in [-0.25, -0.2) is 4.98 Å². The Morgan fingerprint density at radius 2 is 1.96 bits per heavy atom. The van der Waals surface area contributed by atoms with E-state index in [0.717, 1.165) is 64.2 Å². The summed E-state index contributed by atoms with van der Waals surface area (Å²) in [6.07, 6.45) is 9.28. The number of aromatic nitrogens is 1. The van der Waals surface area contributed by atoms with Gasteiger partial charge in [0, 0.05) is 45.3 Å². The molecule has 1 spiro atoms. The molecule has 0 radical (unpaired) electrons. The Bertz CT molecular complexity index is 698. The lowest BCUT2D eigenvalue weighted by atomic mass is 9.72. The molecule has 3 fully saturated rings. The molecule has 6 heteroatoms. The van der Waals surface area contributed by atoms with Crippen LogP contribution in [0.3, 0.4) is 0 Å². The number of nitrogens with zero attached hydrogens (tertiary/aromatic N) is 4. The second-order valence-corrected chi connectivity index (χ2v) is 8.21. The monoisotopic (exact) mass is 368 g/mol. The Balaban J connectivity index is 1.23. The van der Waals surface area contributed by atoms with Gasteiger partial charge in [-0.05, 0) is 31.4 Å². The third-order valence-electron chi connectivity index (χ3n) is 6.48. The summed E-state index contributed by atoms with van der Waals surface area (Å²) in [5.74, 6) is 1.02. The van der Waals surface area contributed by atoms with Gasteiger partial charge in [-0.3, -0.25) is 9.69 Å². The number of esters is 1. The molecular formula is C21H28N4O2. The maximum Gasteiger partial charge on any atom is 0.312 e. The summed E-state index contributed by atoms with van der Waals surface area (Å²) in [6.45, 7) is 4.85. The second-order valence-electron chi connectivity index (χ2n) is 8.21. The zero-order valence-electron chi connectivity index (χ0n) is 15.9. The van der Waals surface area contributed by atoms with E-state index in [4.69, 9.17) is 10.00 Å². The predicted octanol–water partition coefficient (Wildman–Crippen LogP) is 2.73. The molecule has 2 aliphatic heterocycles. The minimum absolute atomic E-state index is 0.0731. The van der Waals surface area contributed by atoms with Crippen LogP contribution in [0.25, 0.3) is 0 Å². The minimum Gasteiger partial charge on any atom is -0.462 e. The highest BCUT2D eigenvalue weighted by Gasteiger charge is 2.48. The van der Waals surface area contributed by atoms with Gasteiger partial charge in [0.15, 0.2) is 0 Å². The van der Waals surface area contributed by atoms with Crippen molar-refractivity contribution in [1.29, 1.82) is 5.26 Å². The molecule has 4 rings (SSSR count). The molecule has 6 nitrogen and oxygen atoms in total. The number of cyclic esters (lactones) is 1. The highest BCUT2D eigenvalue weighted by Crippen LogP contribution is 2.46. The Hall–Kier alpha value is -2.13. The van der Waals surface area contributed by atoms with Gasteiger partial charge in [-0.2, -0.15) is 5.26 Å². The van der Waals surface area contributed by atoms with Crippen molar-refractivity contribution in [3.05, 3.63) is 23.9 Å². The van der Waals surface area contributed by atoms with Crippen molar-refractivity contribution >= 4 is 11.8 Å². The molecular weight excluding hydrogens is 340 g/mol. The normalized spacial score (nSPS) is 25.4. The summed E-state index contributed by atoms with van der Waals surface area (Å²) >= 11 is 0. The molecule has 1 aliphatic carbocycles. The molecule has 0 aromatic carbocycles. The number of nitriles is 1. The molecule has 2 saturated heterocycles. The van der Waals surface area contributed by atoms with Gasteiger partial charge in [0.25, 0.3) is 0 Å². The number of pyridine rings is 1. The number of ether oxygens (including phenoxy) is 1. The van der Waals surface area contributed by atoms with Crippen LogP contribution in [0, 0.1) is 16.7 Å². The third kappa shape index (κ3) is 3.93. The van der Waals surface area contributed by atoms with E-state index in [1.54, 1.807) is 6.20 Å². The summed E-state index contributed by atoms with van der Waals surface area (Å²) in [7, 11) is 0. The molecule has 1 aromatic heterocycles. The van der Waals surface area contributed by atoms with Crippen LogP contribution in [0.15, 0.2) is 18.3 Å². The zero-order valence-corrected chi connectivity index (χ0v) is 15.9. The van der Waals surface area contributed by atoms with E-state index in [-0.39, 0.29) is 17.5 Å². The summed E-state index contributed by atoms with van der Waals surface area (Å²) in [4.78, 5) is 21.5. The largest absolute Gasteiger partial charge is 0.462 e. The van der Waals surface area contributed by atoms with Gasteiger partial charge in [0.1, 0.15) is 18.0 Å². The lowest BCUT2D eigenvalue weighted by molar-refractivity contribution is -0.150. The number of carbonyl (C=O) groups is 1. The third-order valence-corrected chi connectivity index (χ3v) is 6.48. The van der Waals surface area contributed by atoms with Crippen molar-refractivity contribution in [3.8, 4) is 6.07 Å². The summed E-state index contributed by atoms with van der Waals surface area (Å²) in [5.41, 5.74) is 0.447. The van der Waals surface area contributed by atoms with Crippen molar-refractivity contribution in [3.63, 3.8) is 0 Å². The highest BCUT2D eigenvalue weighted by atomic mass is 16.6. The molecule has 0 amide bonds. The van der Waals surface area contributed by atoms with Crippen molar-refractivity contribution in [1.82, 2.24) is 9.88 Å². The standard InChI is InChI=1S/C21H28N4O2/c22-15-17-4-5-19(23-16-17)25-12-10-24(11-13-25)9-6-18-14-21(20(26)27-18)7-2-1-3-8-21/h4-5,16,18H,1-3,6-14H2/t18-/m0/s1. The van der Waals surface area contributed by atoms with Crippen LogP contribution in [0.1, 0.15) is 50.5 Å². The lowest BCUT2D eigenvalue weighted by Gasteiger charge is -2.35. The number of anilines is 1. The molecule has 3 aliphatic rings. The molecule has 0 N–H and O–H groups in total. The summed E-state index contributed by atoms with van der Waals surface area (Å²) < 4.78 is 5.75. The lowest BCUT2D eigenvalue weighted by Crippen LogP contribution is -2.47. The van der Waals surface area contributed by atoms with Gasteiger partial charge in [0.05, 0.1) is 11.0 Å². The maximum atomic E-state index is 12.4. The first-order chi connectivity index (χ1) is 13.2. The highest BCUT2D eigenvalue weighted by molar-refractivity contribution is 5.79. The SMILES string of the molecule is N#Cc1ccc(N2CCN(CC[C@H]3CC4(CCCCC4)C(=O)O3)CC2)nc1. The van der Waals surface area contributed by atoms with Crippen LogP contribution in [0.2, 0.25) is 0 Å². The Labute approximate surface area is 161 Å². The van der Waals surface area contributed by atoms with Gasteiger partial charge < -0.3 is 9.64 Å². The predicted molar refractivity (Wildman–Crippen MR) is 102 cm³/mol. The Morgan fingerprint density at radius 3 is 2.63 bits per heavy atom. The van der Waals surface area contributed by atoms with Gasteiger partial charge >= 0.3 is 5.97 Å². The number of hydrogen-bond donors (Lipinski definition) is 0. The van der Waals surface area contributed by atoms with Crippen LogP contribution >= 0.6 is 0 Å². The van der Waals surface area contributed by atoms with Crippen LogP contribution in [-0.2, 0) is 9.53 Å². The topological polar surface area (TPSA) is 69.5 Å². The fourth-order valence-corrected chi connectivity index (χ4v) is 4.80. The van der Waals surface area contributed by atoms with E-state index in [0.29, 0.717) is 5.56 Å². The van der Waals surface area contributed by atoms with Crippen LogP contribution < -0.4 is 4.90 Å². The maximum absolute atomic E-state index is 12.4. The first kappa shape index (κ1) is 18.2. The van der Waals surface area contributed by atoms with Crippen molar-refractivity contribution in [2.45, 2.75) is 51.0 Å². The number of hydrogen-bond acceptors (Lipinski definition) is 6. The Morgan fingerprint density at radius 1 is 1.19 bits per heavy atom. The first-order valence-electron chi connectivity index (χ1n) is 10.2. The average molecular weight is 368 g/mol. The van der Waals surface area contributed by atoms with E-state index in [2.05, 4.69) is 20.9 Å². The quantitative estimate of drug-likeness (QED) is 0.761. The molecule has 27 heavy (non-hydrogen) atoms. The fraction of sp³-hybridized carbons (Fsp3) is 0.667. The number of rotatable bonds is 4. The first-order valence-corrected chi connectivity index (χ1v) is 10.2. The van der Waals surface area contributed by atoms with Crippen molar-refractivity contribution in [2.75, 3.05) is 37.6 Å². The van der Waals surface area contributed by atoms with Crippen LogP contribution in [0.4, 0.5) is 5.82 Å². The minimum atomic E-state index is -0.150. The van der Waals surface area contributed by atoms with Gasteiger partial charge in [-0.1, -0.05) is 19.3 Å². The fourth-order valence-electron chi connectivity index (χ4n) is 4.80. The van der Waals surface area contributed by atoms with E-state index >= 15 is 0 Å². The van der Waals surface area contributed by atoms with E-state index < -0.39 is 0 Å². The molecule has 144 valence electrons. The molecule has 1 aromatic rings. The van der Waals surface area contributed by atoms with E-state index in [1.165, 1.54) is 19.3 Å².